The number of nitrogens with one attached hydrogen (secondary N) is 1. The van der Waals surface area contributed by atoms with Gasteiger partial charge in [0.05, 0.1) is 12.1 Å². The van der Waals surface area contributed by atoms with Gasteiger partial charge in [0.15, 0.2) is 0 Å². The van der Waals surface area contributed by atoms with Crippen LogP contribution in [0.3, 0.4) is 0 Å². The minimum atomic E-state index is -4.58. The molecule has 2 aromatic rings. The zero-order chi connectivity index (χ0) is 18.4. The molecule has 0 aliphatic carbocycles. The van der Waals surface area contributed by atoms with Crippen LogP contribution in [0.15, 0.2) is 47.4 Å². The van der Waals surface area contributed by atoms with Gasteiger partial charge in [-0.05, 0) is 30.7 Å². The van der Waals surface area contributed by atoms with E-state index < -0.39 is 29.8 Å². The molecule has 0 radical (unpaired) electrons. The number of hydrogen-bond acceptors (Lipinski definition) is 3. The van der Waals surface area contributed by atoms with Crippen LogP contribution < -0.4 is 15.6 Å². The summed E-state index contributed by atoms with van der Waals surface area (Å²) in [7, 11) is 0. The molecule has 1 heterocycles. The highest BCUT2D eigenvalue weighted by atomic mass is 19.4. The van der Waals surface area contributed by atoms with E-state index in [-0.39, 0.29) is 13.2 Å². The predicted molar refractivity (Wildman–Crippen MR) is 85.4 cm³/mol. The first-order chi connectivity index (χ1) is 11.8. The second-order valence-corrected chi connectivity index (χ2v) is 5.40. The lowest BCUT2D eigenvalue weighted by atomic mass is 10.2. The largest absolute Gasteiger partial charge is 0.492 e. The summed E-state index contributed by atoms with van der Waals surface area (Å²) in [5.41, 5.74) is -0.632. The van der Waals surface area contributed by atoms with Gasteiger partial charge < -0.3 is 14.6 Å². The van der Waals surface area contributed by atoms with Gasteiger partial charge in [0, 0.05) is 12.3 Å². The van der Waals surface area contributed by atoms with Gasteiger partial charge in [0.25, 0.3) is 5.56 Å². The molecule has 25 heavy (non-hydrogen) atoms. The molecular weight excluding hydrogens is 337 g/mol. The van der Waals surface area contributed by atoms with Gasteiger partial charge in [-0.1, -0.05) is 12.1 Å². The molecule has 0 aliphatic rings. The second kappa shape index (κ2) is 7.87. The van der Waals surface area contributed by atoms with Crippen LogP contribution in [-0.4, -0.2) is 23.6 Å². The maximum Gasteiger partial charge on any atom is 0.417 e. The van der Waals surface area contributed by atoms with E-state index in [4.69, 9.17) is 4.74 Å². The van der Waals surface area contributed by atoms with E-state index in [1.165, 1.54) is 0 Å². The molecule has 0 saturated carbocycles. The van der Waals surface area contributed by atoms with Crippen LogP contribution >= 0.6 is 0 Å². The summed E-state index contributed by atoms with van der Waals surface area (Å²) in [4.78, 5) is 23.4. The average molecular weight is 354 g/mol. The van der Waals surface area contributed by atoms with Gasteiger partial charge in [-0.25, -0.2) is 0 Å². The number of aryl methyl sites for hydroxylation is 1. The van der Waals surface area contributed by atoms with Crippen LogP contribution in [0.1, 0.15) is 11.1 Å². The molecule has 1 amide bonds. The molecule has 0 aliphatic heterocycles. The van der Waals surface area contributed by atoms with Crippen molar-refractivity contribution in [2.75, 3.05) is 13.2 Å². The van der Waals surface area contributed by atoms with Crippen molar-refractivity contribution in [2.45, 2.75) is 19.6 Å². The van der Waals surface area contributed by atoms with E-state index in [0.717, 1.165) is 16.2 Å². The number of carbonyl (C=O) groups excluding carboxylic acids is 1. The second-order valence-electron chi connectivity index (χ2n) is 5.40. The number of ether oxygens (including phenoxy) is 1. The highest BCUT2D eigenvalue weighted by molar-refractivity contribution is 5.75. The minimum absolute atomic E-state index is 0.167. The van der Waals surface area contributed by atoms with E-state index in [9.17, 15) is 22.8 Å². The Morgan fingerprint density at radius 1 is 1.24 bits per heavy atom. The SMILES string of the molecule is Cc1cccc(OCCNC(=O)Cn2cc(C(F)(F)F)ccc2=O)c1. The normalized spacial score (nSPS) is 11.2. The number of amides is 1. The number of hydrogen-bond donors (Lipinski definition) is 1. The van der Waals surface area contributed by atoms with Crippen LogP contribution in [0.5, 0.6) is 5.75 Å². The smallest absolute Gasteiger partial charge is 0.417 e. The van der Waals surface area contributed by atoms with Crippen molar-refractivity contribution in [2.24, 2.45) is 0 Å². The summed E-state index contributed by atoms with van der Waals surface area (Å²) in [6.45, 7) is 1.79. The quantitative estimate of drug-likeness (QED) is 0.811. The summed E-state index contributed by atoms with van der Waals surface area (Å²) in [5.74, 6) is 0.0811. The van der Waals surface area contributed by atoms with Gasteiger partial charge in [-0.2, -0.15) is 13.2 Å². The highest BCUT2D eigenvalue weighted by Gasteiger charge is 2.31. The van der Waals surface area contributed by atoms with Crippen molar-refractivity contribution >= 4 is 5.91 Å². The lowest BCUT2D eigenvalue weighted by Crippen LogP contribution is -2.34. The molecule has 1 aromatic carbocycles. The van der Waals surface area contributed by atoms with E-state index in [0.29, 0.717) is 18.0 Å². The maximum absolute atomic E-state index is 12.6. The third kappa shape index (κ3) is 5.66. The Morgan fingerprint density at radius 2 is 2.00 bits per heavy atom. The summed E-state index contributed by atoms with van der Waals surface area (Å²) in [6, 6.07) is 8.84. The van der Waals surface area contributed by atoms with E-state index in [1.807, 2.05) is 25.1 Å². The fourth-order valence-corrected chi connectivity index (χ4v) is 2.10. The number of nitrogens with zero attached hydrogens (tertiary/aromatic N) is 1. The monoisotopic (exact) mass is 354 g/mol. The van der Waals surface area contributed by atoms with Crippen molar-refractivity contribution in [3.8, 4) is 5.75 Å². The first kappa shape index (κ1) is 18.6. The van der Waals surface area contributed by atoms with Gasteiger partial charge in [-0.15, -0.1) is 0 Å². The molecule has 0 unspecified atom stereocenters. The zero-order valence-corrected chi connectivity index (χ0v) is 13.5. The maximum atomic E-state index is 12.6. The van der Waals surface area contributed by atoms with Crippen molar-refractivity contribution in [1.82, 2.24) is 9.88 Å². The third-order valence-electron chi connectivity index (χ3n) is 3.31. The molecule has 1 N–H and O–H groups in total. The fraction of sp³-hybridized carbons (Fsp3) is 0.294. The van der Waals surface area contributed by atoms with Crippen LogP contribution in [0.25, 0.3) is 0 Å². The Balaban J connectivity index is 1.85. The van der Waals surface area contributed by atoms with Gasteiger partial charge in [0.1, 0.15) is 18.9 Å². The Hall–Kier alpha value is -2.77. The number of aromatic nitrogens is 1. The number of rotatable bonds is 6. The minimum Gasteiger partial charge on any atom is -0.492 e. The number of carbonyl (C=O) groups is 1. The van der Waals surface area contributed by atoms with Crippen molar-refractivity contribution in [1.29, 1.82) is 0 Å². The topological polar surface area (TPSA) is 60.3 Å². The summed E-state index contributed by atoms with van der Waals surface area (Å²) in [6.07, 6.45) is -3.95. The molecular formula is C17H17F3N2O3. The van der Waals surface area contributed by atoms with Crippen LogP contribution in [-0.2, 0) is 17.5 Å². The molecule has 2 rings (SSSR count). The van der Waals surface area contributed by atoms with E-state index in [1.54, 1.807) is 6.07 Å². The average Bonchev–Trinajstić information content (AvgIpc) is 2.53. The van der Waals surface area contributed by atoms with E-state index >= 15 is 0 Å². The first-order valence-corrected chi connectivity index (χ1v) is 7.49. The molecule has 0 spiro atoms. The molecule has 134 valence electrons. The number of halogens is 3. The number of pyridine rings is 1. The number of alkyl halides is 3. The molecule has 0 bridgehead atoms. The Bertz CT molecular complexity index is 800. The lowest BCUT2D eigenvalue weighted by Gasteiger charge is -2.11. The van der Waals surface area contributed by atoms with Crippen molar-refractivity contribution in [3.05, 3.63) is 64.1 Å². The van der Waals surface area contributed by atoms with Crippen molar-refractivity contribution < 1.29 is 22.7 Å². The Labute approximate surface area is 142 Å². The van der Waals surface area contributed by atoms with Crippen LogP contribution in [0.2, 0.25) is 0 Å². The summed E-state index contributed by atoms with van der Waals surface area (Å²) < 4.78 is 44.1. The molecule has 0 atom stereocenters. The fourth-order valence-electron chi connectivity index (χ4n) is 2.10. The Morgan fingerprint density at radius 3 is 2.68 bits per heavy atom. The van der Waals surface area contributed by atoms with E-state index in [2.05, 4.69) is 5.32 Å². The first-order valence-electron chi connectivity index (χ1n) is 7.49. The van der Waals surface area contributed by atoms with Crippen molar-refractivity contribution in [3.63, 3.8) is 0 Å². The molecule has 0 saturated heterocycles. The third-order valence-corrected chi connectivity index (χ3v) is 3.31. The summed E-state index contributed by atoms with van der Waals surface area (Å²) in [5, 5.41) is 2.50. The Kier molecular flexibility index (Phi) is 5.84. The molecule has 0 fully saturated rings. The molecule has 1 aromatic heterocycles. The molecule has 8 heteroatoms. The van der Waals surface area contributed by atoms with Gasteiger partial charge in [0.2, 0.25) is 5.91 Å². The van der Waals surface area contributed by atoms with Crippen LogP contribution in [0, 0.1) is 6.92 Å². The zero-order valence-electron chi connectivity index (χ0n) is 13.5. The lowest BCUT2D eigenvalue weighted by molar-refractivity contribution is -0.138. The standard InChI is InChI=1S/C17H17F3N2O3/c1-12-3-2-4-14(9-12)25-8-7-21-15(23)11-22-10-13(17(18,19)20)5-6-16(22)24/h2-6,9-10H,7-8,11H2,1H3,(H,21,23). The predicted octanol–water partition coefficient (Wildman–Crippen LogP) is 2.37. The van der Waals surface area contributed by atoms with Gasteiger partial charge >= 0.3 is 6.18 Å². The highest BCUT2D eigenvalue weighted by Crippen LogP contribution is 2.27. The van der Waals surface area contributed by atoms with Crippen LogP contribution in [0.4, 0.5) is 13.2 Å². The van der Waals surface area contributed by atoms with Gasteiger partial charge in [-0.3, -0.25) is 9.59 Å². The summed E-state index contributed by atoms with van der Waals surface area (Å²) >= 11 is 0. The molecule has 5 nitrogen and oxygen atoms in total. The number of benzene rings is 1.